The van der Waals surface area contributed by atoms with E-state index in [0.717, 1.165) is 61.5 Å². The molecule has 0 atom stereocenters. The minimum absolute atomic E-state index is 0. The van der Waals surface area contributed by atoms with Gasteiger partial charge in [-0.1, -0.05) is 108 Å². The fourth-order valence-electron chi connectivity index (χ4n) is 7.38. The van der Waals surface area contributed by atoms with Gasteiger partial charge in [-0.2, -0.15) is 12.1 Å². The van der Waals surface area contributed by atoms with E-state index in [1.165, 1.54) is 11.1 Å². The van der Waals surface area contributed by atoms with E-state index in [4.69, 9.17) is 9.72 Å². The normalized spacial score (nSPS) is 12.9. The van der Waals surface area contributed by atoms with Crippen LogP contribution in [0, 0.1) is 18.8 Å². The summed E-state index contributed by atoms with van der Waals surface area (Å²) in [5.74, 6) is 2.03. The van der Waals surface area contributed by atoms with Gasteiger partial charge in [-0.15, -0.1) is 48.1 Å². The Bertz CT molecular complexity index is 2710. The number of hydrogen-bond donors (Lipinski definition) is 0. The number of pyridine rings is 2. The summed E-state index contributed by atoms with van der Waals surface area (Å²) >= 11 is 0. The fraction of sp³-hybridized carbons (Fsp3) is 0.163. The van der Waals surface area contributed by atoms with E-state index in [-0.39, 0.29) is 31.9 Å². The average molecular weight is 912 g/mol. The summed E-state index contributed by atoms with van der Waals surface area (Å²) in [5, 5.41) is 2.23. The number of anilines is 4. The van der Waals surface area contributed by atoms with Crippen LogP contribution in [0.15, 0.2) is 140 Å². The monoisotopic (exact) mass is 911 g/mol. The first-order valence-electron chi connectivity index (χ1n) is 18.7. The first-order valence-corrected chi connectivity index (χ1v) is 18.7. The van der Waals surface area contributed by atoms with Gasteiger partial charge in [-0.3, -0.25) is 4.98 Å². The topological polar surface area (TPSA) is 46.4 Å². The van der Waals surface area contributed by atoms with Gasteiger partial charge in [0.05, 0.1) is 5.69 Å². The van der Waals surface area contributed by atoms with Crippen LogP contribution in [-0.4, -0.2) is 14.5 Å². The molecular formula is C49H42N5OPt-3. The molecule has 9 rings (SSSR count). The second-order valence-corrected chi connectivity index (χ2v) is 16.2. The molecule has 7 heteroatoms. The summed E-state index contributed by atoms with van der Waals surface area (Å²) < 4.78 is 8.75. The van der Waals surface area contributed by atoms with E-state index in [1.54, 1.807) is 0 Å². The quantitative estimate of drug-likeness (QED) is 0.156. The van der Waals surface area contributed by atoms with Gasteiger partial charge in [0, 0.05) is 73.6 Å². The maximum atomic E-state index is 6.57. The van der Waals surface area contributed by atoms with Gasteiger partial charge in [0.2, 0.25) is 0 Å². The van der Waals surface area contributed by atoms with Gasteiger partial charge >= 0.3 is 0 Å². The molecule has 56 heavy (non-hydrogen) atoms. The molecular weight excluding hydrogens is 870 g/mol. The zero-order valence-electron chi connectivity index (χ0n) is 32.3. The third-order valence-corrected chi connectivity index (χ3v) is 10.4. The van der Waals surface area contributed by atoms with E-state index >= 15 is 0 Å². The molecule has 0 aliphatic carbocycles. The van der Waals surface area contributed by atoms with Crippen molar-refractivity contribution in [2.75, 3.05) is 9.80 Å². The van der Waals surface area contributed by atoms with Gasteiger partial charge in [0.1, 0.15) is 5.82 Å². The van der Waals surface area contributed by atoms with E-state index < -0.39 is 0 Å². The Kier molecular flexibility index (Phi) is 9.58. The minimum Gasteiger partial charge on any atom is -0.509 e. The number of hydrogen-bond acceptors (Lipinski definition) is 5. The number of fused-ring (bicyclic) bond motifs is 4. The molecule has 0 unspecified atom stereocenters. The summed E-state index contributed by atoms with van der Waals surface area (Å²) in [6.07, 6.45) is 5.65. The second-order valence-electron chi connectivity index (χ2n) is 16.2. The number of nitrogens with zero attached hydrogens (tertiary/aromatic N) is 5. The van der Waals surface area contributed by atoms with Crippen molar-refractivity contribution in [2.45, 2.75) is 52.4 Å². The van der Waals surface area contributed by atoms with Crippen LogP contribution in [0.4, 0.5) is 22.7 Å². The van der Waals surface area contributed by atoms with Crippen LogP contribution in [0.25, 0.3) is 38.8 Å². The van der Waals surface area contributed by atoms with E-state index in [2.05, 4.69) is 177 Å². The third kappa shape index (κ3) is 6.77. The predicted molar refractivity (Wildman–Crippen MR) is 225 cm³/mol. The van der Waals surface area contributed by atoms with Crippen molar-refractivity contribution >= 4 is 44.6 Å². The molecule has 0 saturated carbocycles. The molecule has 6 nitrogen and oxygen atoms in total. The largest absolute Gasteiger partial charge is 0.509 e. The second kappa shape index (κ2) is 14.4. The summed E-state index contributed by atoms with van der Waals surface area (Å²) in [7, 11) is 0. The van der Waals surface area contributed by atoms with Gasteiger partial charge in [-0.25, -0.2) is 4.98 Å². The van der Waals surface area contributed by atoms with Gasteiger partial charge in [0.15, 0.2) is 0 Å². The van der Waals surface area contributed by atoms with Crippen LogP contribution in [-0.2, 0) is 31.9 Å². The number of rotatable bonds is 6. The fourth-order valence-corrected chi connectivity index (χ4v) is 7.38. The number of para-hydroxylation sites is 1. The van der Waals surface area contributed by atoms with Crippen molar-refractivity contribution in [1.82, 2.24) is 14.5 Å². The Balaban J connectivity index is 0.00000441. The van der Waals surface area contributed by atoms with E-state index in [1.807, 2.05) is 42.9 Å². The smallest absolute Gasteiger partial charge is 0.135 e. The molecule has 0 bridgehead atoms. The summed E-state index contributed by atoms with van der Waals surface area (Å²) in [6.45, 7) is 15.6. The molecule has 0 amide bonds. The van der Waals surface area contributed by atoms with Crippen molar-refractivity contribution in [3.8, 4) is 28.4 Å². The maximum absolute atomic E-state index is 6.57. The Morgan fingerprint density at radius 3 is 2.16 bits per heavy atom. The SMILES string of the molecule is CC(C)(C)c1ccnc(-n2c3[c-]c(Oc4[c-]c(N5[CH-]N(c6cc(C(C)(C)C)ccc6-c6ccccc6)c6ccncc65)ccc4)ccc3c3ccccc32)c1.[Pt]. The molecule has 3 aromatic heterocycles. The van der Waals surface area contributed by atoms with E-state index in [0.29, 0.717) is 11.5 Å². The van der Waals surface area contributed by atoms with Crippen LogP contribution in [0.2, 0.25) is 0 Å². The zero-order chi connectivity index (χ0) is 37.9. The van der Waals surface area contributed by atoms with Crippen LogP contribution in [0.1, 0.15) is 52.7 Å². The van der Waals surface area contributed by atoms with E-state index in [9.17, 15) is 0 Å². The van der Waals surface area contributed by atoms with Crippen molar-refractivity contribution < 1.29 is 25.8 Å². The standard InChI is InChI=1S/C49H42N5O.Pt/c1-48(2,3)34-19-21-39(33-13-8-7-9-14-33)44(27-34)53-32-52(46-31-50-25-24-43(46)53)36-15-12-16-37(29-36)55-38-20-22-41-40-17-10-11-18-42(40)54(45(41)30-38)47-28-35(23-26-51-47)49(4,5)6;/h7-28,31-32H,1-6H3;/q-3;. The molecule has 4 heterocycles. The van der Waals surface area contributed by atoms with Crippen molar-refractivity contribution in [3.63, 3.8) is 0 Å². The molecule has 0 fully saturated rings. The molecule has 0 spiro atoms. The average Bonchev–Trinajstić information content (AvgIpc) is 3.74. The van der Waals surface area contributed by atoms with Gasteiger partial charge in [-0.05, 0) is 63.2 Å². The zero-order valence-corrected chi connectivity index (χ0v) is 34.6. The Labute approximate surface area is 343 Å². The van der Waals surface area contributed by atoms with Crippen molar-refractivity contribution in [2.24, 2.45) is 0 Å². The number of ether oxygens (including phenoxy) is 1. The molecule has 0 radical (unpaired) electrons. The van der Waals surface area contributed by atoms with Gasteiger partial charge < -0.3 is 19.1 Å². The molecule has 5 aromatic carbocycles. The summed E-state index contributed by atoms with van der Waals surface area (Å²) in [6, 6.07) is 49.4. The van der Waals surface area contributed by atoms with Crippen molar-refractivity contribution in [3.05, 3.63) is 170 Å². The molecule has 0 saturated heterocycles. The Hall–Kier alpha value is -5.71. The molecule has 0 N–H and O–H groups in total. The predicted octanol–water partition coefficient (Wildman–Crippen LogP) is 12.6. The Morgan fingerprint density at radius 2 is 1.36 bits per heavy atom. The molecule has 8 aromatic rings. The molecule has 1 aliphatic rings. The van der Waals surface area contributed by atoms with Crippen LogP contribution in [0.3, 0.4) is 0 Å². The van der Waals surface area contributed by atoms with Crippen LogP contribution >= 0.6 is 0 Å². The minimum atomic E-state index is -0.0225. The first kappa shape index (κ1) is 37.2. The Morgan fingerprint density at radius 1 is 0.607 bits per heavy atom. The molecule has 1 aliphatic heterocycles. The molecule has 282 valence electrons. The number of benzene rings is 5. The number of aromatic nitrogens is 3. The van der Waals surface area contributed by atoms with Crippen molar-refractivity contribution in [1.29, 1.82) is 0 Å². The van der Waals surface area contributed by atoms with Gasteiger partial charge in [0.25, 0.3) is 0 Å². The summed E-state index contributed by atoms with van der Waals surface area (Å²) in [4.78, 5) is 13.8. The van der Waals surface area contributed by atoms with Crippen LogP contribution in [0.5, 0.6) is 11.5 Å². The third-order valence-electron chi connectivity index (χ3n) is 10.4. The summed E-state index contributed by atoms with van der Waals surface area (Å²) in [5.41, 5.74) is 10.7. The first-order chi connectivity index (χ1) is 26.5. The van der Waals surface area contributed by atoms with Crippen LogP contribution < -0.4 is 14.5 Å². The maximum Gasteiger partial charge on any atom is 0.135 e.